The largest absolute Gasteiger partial charge is 0.305 e. The van der Waals surface area contributed by atoms with E-state index in [4.69, 9.17) is 0 Å². The van der Waals surface area contributed by atoms with Crippen LogP contribution in [-0.2, 0) is 10.8 Å². The van der Waals surface area contributed by atoms with Gasteiger partial charge in [0.15, 0.2) is 0 Å². The quantitative estimate of drug-likeness (QED) is 0.398. The van der Waals surface area contributed by atoms with Crippen molar-refractivity contribution in [1.82, 2.24) is 4.90 Å². The van der Waals surface area contributed by atoms with E-state index in [0.717, 1.165) is 19.3 Å². The fourth-order valence-corrected chi connectivity index (χ4v) is 3.19. The summed E-state index contributed by atoms with van der Waals surface area (Å²) in [6.07, 6.45) is 16.7. The van der Waals surface area contributed by atoms with Crippen LogP contribution in [0.2, 0.25) is 0 Å². The second-order valence-corrected chi connectivity index (χ2v) is 7.45. The SMILES string of the molecule is C=CCCCCCC=CCCC(C(C)S(C)=O)N(C)C. The summed E-state index contributed by atoms with van der Waals surface area (Å²) in [5, 5.41) is 0.234. The highest BCUT2D eigenvalue weighted by molar-refractivity contribution is 7.84. The molecular formula is C17H33NOS. The molecule has 0 saturated heterocycles. The molecule has 20 heavy (non-hydrogen) atoms. The van der Waals surface area contributed by atoms with Crippen LogP contribution in [0.3, 0.4) is 0 Å². The average Bonchev–Trinajstić information content (AvgIpc) is 2.39. The van der Waals surface area contributed by atoms with Gasteiger partial charge in [0, 0.05) is 28.3 Å². The first kappa shape index (κ1) is 19.6. The van der Waals surface area contributed by atoms with Gasteiger partial charge in [-0.1, -0.05) is 24.6 Å². The smallest absolute Gasteiger partial charge is 0.0472 e. The van der Waals surface area contributed by atoms with Crippen molar-refractivity contribution in [2.45, 2.75) is 63.2 Å². The number of hydrogen-bond acceptors (Lipinski definition) is 2. The van der Waals surface area contributed by atoms with Gasteiger partial charge in [0.2, 0.25) is 0 Å². The van der Waals surface area contributed by atoms with Crippen LogP contribution in [-0.4, -0.2) is 40.8 Å². The highest BCUT2D eigenvalue weighted by Crippen LogP contribution is 2.13. The Hall–Kier alpha value is -0.410. The van der Waals surface area contributed by atoms with Gasteiger partial charge in [0.25, 0.3) is 0 Å². The summed E-state index contributed by atoms with van der Waals surface area (Å²) in [6, 6.07) is 0.401. The lowest BCUT2D eigenvalue weighted by Gasteiger charge is -2.28. The summed E-state index contributed by atoms with van der Waals surface area (Å²) < 4.78 is 11.6. The minimum atomic E-state index is -0.748. The molecule has 0 N–H and O–H groups in total. The Labute approximate surface area is 128 Å². The zero-order chi connectivity index (χ0) is 15.4. The maximum Gasteiger partial charge on any atom is 0.0472 e. The minimum Gasteiger partial charge on any atom is -0.305 e. The Morgan fingerprint density at radius 1 is 1.10 bits per heavy atom. The van der Waals surface area contributed by atoms with Gasteiger partial charge in [-0.15, -0.1) is 6.58 Å². The number of nitrogens with zero attached hydrogens (tertiary/aromatic N) is 1. The molecule has 0 amide bonds. The molecule has 0 spiro atoms. The first-order chi connectivity index (χ1) is 9.50. The van der Waals surface area contributed by atoms with Crippen molar-refractivity contribution in [3.63, 3.8) is 0 Å². The topological polar surface area (TPSA) is 20.3 Å². The maximum atomic E-state index is 11.6. The fraction of sp³-hybridized carbons (Fsp3) is 0.765. The van der Waals surface area contributed by atoms with E-state index in [1.807, 2.05) is 6.08 Å². The van der Waals surface area contributed by atoms with E-state index in [-0.39, 0.29) is 5.25 Å². The summed E-state index contributed by atoms with van der Waals surface area (Å²) in [4.78, 5) is 2.20. The standard InChI is InChI=1S/C17H33NOS/c1-6-7-8-9-10-11-12-13-14-15-17(18(3)4)16(2)20(5)19/h6,12-13,16-17H,1,7-11,14-15H2,2-5H3. The molecule has 0 fully saturated rings. The van der Waals surface area contributed by atoms with Crippen molar-refractivity contribution in [3.8, 4) is 0 Å². The van der Waals surface area contributed by atoms with Gasteiger partial charge in [-0.2, -0.15) is 0 Å². The summed E-state index contributed by atoms with van der Waals surface area (Å²) in [5.41, 5.74) is 0. The van der Waals surface area contributed by atoms with Gasteiger partial charge in [-0.3, -0.25) is 4.21 Å². The van der Waals surface area contributed by atoms with E-state index in [1.165, 1.54) is 25.7 Å². The monoisotopic (exact) mass is 299 g/mol. The van der Waals surface area contributed by atoms with Crippen LogP contribution >= 0.6 is 0 Å². The molecule has 0 heterocycles. The van der Waals surface area contributed by atoms with Gasteiger partial charge >= 0.3 is 0 Å². The summed E-state index contributed by atoms with van der Waals surface area (Å²) in [6.45, 7) is 5.82. The number of hydrogen-bond donors (Lipinski definition) is 0. The Balaban J connectivity index is 3.83. The summed E-state index contributed by atoms with van der Waals surface area (Å²) >= 11 is 0. The third kappa shape index (κ3) is 9.49. The Bertz CT molecular complexity index is 299. The van der Waals surface area contributed by atoms with Gasteiger partial charge in [0.1, 0.15) is 0 Å². The molecule has 0 aromatic heterocycles. The molecule has 0 radical (unpaired) electrons. The third-order valence-electron chi connectivity index (χ3n) is 3.80. The summed E-state index contributed by atoms with van der Waals surface area (Å²) in [7, 11) is 3.41. The van der Waals surface area contributed by atoms with Gasteiger partial charge in [0.05, 0.1) is 0 Å². The minimum absolute atomic E-state index is 0.234. The summed E-state index contributed by atoms with van der Waals surface area (Å²) in [5.74, 6) is 0. The van der Waals surface area contributed by atoms with Crippen molar-refractivity contribution in [1.29, 1.82) is 0 Å². The van der Waals surface area contributed by atoms with E-state index < -0.39 is 10.8 Å². The molecule has 0 aliphatic heterocycles. The fourth-order valence-electron chi connectivity index (χ4n) is 2.36. The van der Waals surface area contributed by atoms with Crippen molar-refractivity contribution in [3.05, 3.63) is 24.8 Å². The molecule has 3 atom stereocenters. The van der Waals surface area contributed by atoms with Crippen LogP contribution in [0.5, 0.6) is 0 Å². The lowest BCUT2D eigenvalue weighted by atomic mass is 10.1. The maximum absolute atomic E-state index is 11.6. The lowest BCUT2D eigenvalue weighted by Crippen LogP contribution is -2.39. The van der Waals surface area contributed by atoms with Crippen molar-refractivity contribution < 1.29 is 4.21 Å². The first-order valence-electron chi connectivity index (χ1n) is 7.75. The van der Waals surface area contributed by atoms with Crippen LogP contribution < -0.4 is 0 Å². The van der Waals surface area contributed by atoms with Crippen LogP contribution in [0.15, 0.2) is 24.8 Å². The van der Waals surface area contributed by atoms with Crippen LogP contribution in [0.1, 0.15) is 51.9 Å². The van der Waals surface area contributed by atoms with Gasteiger partial charge in [-0.05, 0) is 59.5 Å². The molecule has 0 saturated carbocycles. The van der Waals surface area contributed by atoms with E-state index in [9.17, 15) is 4.21 Å². The van der Waals surface area contributed by atoms with Crippen molar-refractivity contribution >= 4 is 10.8 Å². The Morgan fingerprint density at radius 3 is 2.25 bits per heavy atom. The molecule has 0 aromatic rings. The molecule has 0 rings (SSSR count). The predicted octanol–water partition coefficient (Wildman–Crippen LogP) is 4.16. The van der Waals surface area contributed by atoms with E-state index in [2.05, 4.69) is 44.6 Å². The number of allylic oxidation sites excluding steroid dienone is 3. The number of unbranched alkanes of at least 4 members (excludes halogenated alkanes) is 4. The second-order valence-electron chi connectivity index (χ2n) is 5.71. The Morgan fingerprint density at radius 2 is 1.70 bits per heavy atom. The van der Waals surface area contributed by atoms with Gasteiger partial charge in [-0.25, -0.2) is 0 Å². The van der Waals surface area contributed by atoms with Crippen molar-refractivity contribution in [2.75, 3.05) is 20.4 Å². The normalized spacial score (nSPS) is 16.4. The van der Waals surface area contributed by atoms with Gasteiger partial charge < -0.3 is 4.90 Å². The van der Waals surface area contributed by atoms with E-state index in [0.29, 0.717) is 6.04 Å². The average molecular weight is 300 g/mol. The van der Waals surface area contributed by atoms with E-state index in [1.54, 1.807) is 6.26 Å². The molecule has 0 aliphatic carbocycles. The molecule has 3 heteroatoms. The highest BCUT2D eigenvalue weighted by atomic mass is 32.2. The molecule has 2 nitrogen and oxygen atoms in total. The zero-order valence-corrected chi connectivity index (χ0v) is 14.6. The molecule has 0 aromatic carbocycles. The Kier molecular flexibility index (Phi) is 12.1. The zero-order valence-electron chi connectivity index (χ0n) is 13.8. The predicted molar refractivity (Wildman–Crippen MR) is 92.7 cm³/mol. The van der Waals surface area contributed by atoms with Crippen molar-refractivity contribution in [2.24, 2.45) is 0 Å². The second kappa shape index (κ2) is 12.3. The molecule has 118 valence electrons. The third-order valence-corrected chi connectivity index (χ3v) is 5.16. The van der Waals surface area contributed by atoms with Crippen LogP contribution in [0, 0.1) is 0 Å². The molecular weight excluding hydrogens is 266 g/mol. The van der Waals surface area contributed by atoms with Crippen LogP contribution in [0.25, 0.3) is 0 Å². The van der Waals surface area contributed by atoms with Crippen LogP contribution in [0.4, 0.5) is 0 Å². The van der Waals surface area contributed by atoms with E-state index >= 15 is 0 Å². The molecule has 0 bridgehead atoms. The lowest BCUT2D eigenvalue weighted by molar-refractivity contribution is 0.276. The molecule has 0 aliphatic rings. The molecule has 3 unspecified atom stereocenters. The number of rotatable bonds is 12. The first-order valence-corrected chi connectivity index (χ1v) is 9.37. The highest BCUT2D eigenvalue weighted by Gasteiger charge is 2.21.